The van der Waals surface area contributed by atoms with Crippen molar-refractivity contribution in [2.24, 2.45) is 0 Å². The molecule has 6 heteroatoms. The summed E-state index contributed by atoms with van der Waals surface area (Å²) in [7, 11) is 0. The molecule has 0 atom stereocenters. The molecule has 0 radical (unpaired) electrons. The standard InChI is InChI=1S/C19H20BrNO4/c1-3-4-11-24-17-10-9-14(12-15(17)20)19(23)25-18-8-6-5-7-16(18)21-13(2)22/h5-10,12H,3-4,11H2,1-2H3,(H,21,22). The Morgan fingerprint density at radius 1 is 1.12 bits per heavy atom. The number of para-hydroxylation sites is 2. The van der Waals surface area contributed by atoms with E-state index in [1.54, 1.807) is 42.5 Å². The van der Waals surface area contributed by atoms with Crippen LogP contribution in [0.2, 0.25) is 0 Å². The van der Waals surface area contributed by atoms with E-state index in [4.69, 9.17) is 9.47 Å². The van der Waals surface area contributed by atoms with Gasteiger partial charge in [0.2, 0.25) is 5.91 Å². The third-order valence-corrected chi connectivity index (χ3v) is 3.94. The van der Waals surface area contributed by atoms with Crippen LogP contribution in [0.1, 0.15) is 37.0 Å². The molecule has 0 aliphatic rings. The molecule has 0 saturated carbocycles. The molecule has 0 saturated heterocycles. The molecule has 0 aromatic heterocycles. The summed E-state index contributed by atoms with van der Waals surface area (Å²) in [5, 5.41) is 2.63. The highest BCUT2D eigenvalue weighted by Crippen LogP contribution is 2.28. The summed E-state index contributed by atoms with van der Waals surface area (Å²) in [4.78, 5) is 23.6. The number of ether oxygens (including phenoxy) is 2. The molecule has 0 aliphatic heterocycles. The number of benzene rings is 2. The average Bonchev–Trinajstić information content (AvgIpc) is 2.57. The number of unbranched alkanes of at least 4 members (excludes halogenated alkanes) is 1. The van der Waals surface area contributed by atoms with Gasteiger partial charge in [-0.15, -0.1) is 0 Å². The Labute approximate surface area is 155 Å². The van der Waals surface area contributed by atoms with Crippen molar-refractivity contribution < 1.29 is 19.1 Å². The first kappa shape index (κ1) is 19.0. The van der Waals surface area contributed by atoms with Gasteiger partial charge in [0.25, 0.3) is 0 Å². The summed E-state index contributed by atoms with van der Waals surface area (Å²) in [6.45, 7) is 4.12. The summed E-state index contributed by atoms with van der Waals surface area (Å²) in [6, 6.07) is 11.8. The number of carbonyl (C=O) groups is 2. The van der Waals surface area contributed by atoms with Gasteiger partial charge in [0.05, 0.1) is 22.3 Å². The van der Waals surface area contributed by atoms with Gasteiger partial charge in [-0.25, -0.2) is 4.79 Å². The van der Waals surface area contributed by atoms with Gasteiger partial charge in [-0.2, -0.15) is 0 Å². The minimum atomic E-state index is -0.515. The zero-order chi connectivity index (χ0) is 18.2. The molecule has 5 nitrogen and oxygen atoms in total. The number of hydrogen-bond acceptors (Lipinski definition) is 4. The van der Waals surface area contributed by atoms with Crippen molar-refractivity contribution in [3.63, 3.8) is 0 Å². The van der Waals surface area contributed by atoms with Crippen molar-refractivity contribution in [2.45, 2.75) is 26.7 Å². The number of carbonyl (C=O) groups excluding carboxylic acids is 2. The predicted octanol–water partition coefficient (Wildman–Crippen LogP) is 4.81. The molecule has 0 heterocycles. The lowest BCUT2D eigenvalue weighted by Crippen LogP contribution is -2.12. The van der Waals surface area contributed by atoms with Gasteiger partial charge < -0.3 is 14.8 Å². The fourth-order valence-electron chi connectivity index (χ4n) is 2.08. The van der Waals surface area contributed by atoms with Crippen LogP contribution in [0.3, 0.4) is 0 Å². The second-order valence-electron chi connectivity index (χ2n) is 5.41. The Morgan fingerprint density at radius 2 is 1.88 bits per heavy atom. The van der Waals surface area contributed by atoms with Gasteiger partial charge in [0.1, 0.15) is 5.75 Å². The Morgan fingerprint density at radius 3 is 2.56 bits per heavy atom. The maximum atomic E-state index is 12.4. The Bertz CT molecular complexity index is 761. The van der Waals surface area contributed by atoms with Crippen LogP contribution in [0.15, 0.2) is 46.9 Å². The van der Waals surface area contributed by atoms with Gasteiger partial charge in [-0.05, 0) is 52.7 Å². The number of esters is 1. The Kier molecular flexibility index (Phi) is 7.01. The Hall–Kier alpha value is -2.34. The first-order chi connectivity index (χ1) is 12.0. The quantitative estimate of drug-likeness (QED) is 0.407. The number of nitrogens with one attached hydrogen (secondary N) is 1. The first-order valence-corrected chi connectivity index (χ1v) is 8.81. The van der Waals surface area contributed by atoms with Crippen molar-refractivity contribution in [3.05, 3.63) is 52.5 Å². The van der Waals surface area contributed by atoms with Crippen molar-refractivity contribution in [1.82, 2.24) is 0 Å². The topological polar surface area (TPSA) is 64.6 Å². The lowest BCUT2D eigenvalue weighted by atomic mass is 10.2. The van der Waals surface area contributed by atoms with E-state index in [-0.39, 0.29) is 5.91 Å². The zero-order valence-corrected chi connectivity index (χ0v) is 15.8. The molecule has 0 spiro atoms. The normalized spacial score (nSPS) is 10.2. The van der Waals surface area contributed by atoms with Crippen LogP contribution < -0.4 is 14.8 Å². The van der Waals surface area contributed by atoms with Crippen molar-refractivity contribution in [2.75, 3.05) is 11.9 Å². The first-order valence-electron chi connectivity index (χ1n) is 8.02. The molecule has 2 aromatic rings. The van der Waals surface area contributed by atoms with Crippen LogP contribution in [0.25, 0.3) is 0 Å². The highest BCUT2D eigenvalue weighted by atomic mass is 79.9. The number of amides is 1. The smallest absolute Gasteiger partial charge is 0.343 e. The molecule has 0 fully saturated rings. The fourth-order valence-corrected chi connectivity index (χ4v) is 2.57. The third-order valence-electron chi connectivity index (χ3n) is 3.32. The molecule has 0 unspecified atom stereocenters. The minimum absolute atomic E-state index is 0.236. The number of halogens is 1. The van der Waals surface area contributed by atoms with E-state index in [9.17, 15) is 9.59 Å². The van der Waals surface area contributed by atoms with Crippen molar-refractivity contribution in [1.29, 1.82) is 0 Å². The van der Waals surface area contributed by atoms with Crippen LogP contribution in [0.5, 0.6) is 11.5 Å². The second-order valence-corrected chi connectivity index (χ2v) is 6.27. The fraction of sp³-hybridized carbons (Fsp3) is 0.263. The summed E-state index contributed by atoms with van der Waals surface area (Å²) in [5.41, 5.74) is 0.828. The molecule has 0 bridgehead atoms. The molecule has 0 aliphatic carbocycles. The molecule has 2 aromatic carbocycles. The van der Waals surface area contributed by atoms with E-state index >= 15 is 0 Å². The maximum Gasteiger partial charge on any atom is 0.343 e. The molecule has 2 rings (SSSR count). The molecular weight excluding hydrogens is 386 g/mol. The van der Waals surface area contributed by atoms with Crippen LogP contribution >= 0.6 is 15.9 Å². The molecule has 1 amide bonds. The van der Waals surface area contributed by atoms with Gasteiger partial charge in [-0.1, -0.05) is 25.5 Å². The molecular formula is C19H20BrNO4. The largest absolute Gasteiger partial charge is 0.492 e. The van der Waals surface area contributed by atoms with Crippen LogP contribution in [0, 0.1) is 0 Å². The maximum absolute atomic E-state index is 12.4. The van der Waals surface area contributed by atoms with Crippen LogP contribution in [-0.2, 0) is 4.79 Å². The van der Waals surface area contributed by atoms with Gasteiger partial charge >= 0.3 is 5.97 Å². The summed E-state index contributed by atoms with van der Waals surface area (Å²) >= 11 is 3.41. The van der Waals surface area contributed by atoms with Gasteiger partial charge in [-0.3, -0.25) is 4.79 Å². The number of anilines is 1. The van der Waals surface area contributed by atoms with E-state index in [2.05, 4.69) is 28.2 Å². The highest BCUT2D eigenvalue weighted by molar-refractivity contribution is 9.10. The molecule has 25 heavy (non-hydrogen) atoms. The van der Waals surface area contributed by atoms with E-state index in [0.29, 0.717) is 33.8 Å². The number of rotatable bonds is 7. The lowest BCUT2D eigenvalue weighted by Gasteiger charge is -2.11. The predicted molar refractivity (Wildman–Crippen MR) is 100 cm³/mol. The lowest BCUT2D eigenvalue weighted by molar-refractivity contribution is -0.114. The molecule has 1 N–H and O–H groups in total. The van der Waals surface area contributed by atoms with Crippen molar-refractivity contribution in [3.8, 4) is 11.5 Å². The molecule has 132 valence electrons. The van der Waals surface area contributed by atoms with E-state index in [1.807, 2.05) is 0 Å². The van der Waals surface area contributed by atoms with E-state index < -0.39 is 5.97 Å². The average molecular weight is 406 g/mol. The second kappa shape index (κ2) is 9.22. The van der Waals surface area contributed by atoms with Gasteiger partial charge in [0.15, 0.2) is 5.75 Å². The third kappa shape index (κ3) is 5.60. The van der Waals surface area contributed by atoms with Crippen LogP contribution in [0.4, 0.5) is 5.69 Å². The minimum Gasteiger partial charge on any atom is -0.492 e. The summed E-state index contributed by atoms with van der Waals surface area (Å²) in [5.74, 6) is 0.226. The van der Waals surface area contributed by atoms with Gasteiger partial charge in [0, 0.05) is 6.92 Å². The van der Waals surface area contributed by atoms with E-state index in [1.165, 1.54) is 6.92 Å². The van der Waals surface area contributed by atoms with Crippen molar-refractivity contribution >= 4 is 33.5 Å². The number of hydrogen-bond donors (Lipinski definition) is 1. The summed E-state index contributed by atoms with van der Waals surface area (Å²) in [6.07, 6.45) is 2.02. The van der Waals surface area contributed by atoms with Crippen LogP contribution in [-0.4, -0.2) is 18.5 Å². The van der Waals surface area contributed by atoms with E-state index in [0.717, 1.165) is 12.8 Å². The summed E-state index contributed by atoms with van der Waals surface area (Å²) < 4.78 is 11.7. The Balaban J connectivity index is 2.11. The monoisotopic (exact) mass is 405 g/mol. The SMILES string of the molecule is CCCCOc1ccc(C(=O)Oc2ccccc2NC(C)=O)cc1Br. The highest BCUT2D eigenvalue weighted by Gasteiger charge is 2.14. The zero-order valence-electron chi connectivity index (χ0n) is 14.2.